The predicted octanol–water partition coefficient (Wildman–Crippen LogP) is 5.91. The Kier molecular flexibility index (Phi) is 4.94. The molecule has 1 amide bonds. The van der Waals surface area contributed by atoms with Gasteiger partial charge >= 0.3 is 0 Å². The van der Waals surface area contributed by atoms with E-state index >= 15 is 0 Å². The molecule has 5 rings (SSSR count). The lowest BCUT2D eigenvalue weighted by molar-refractivity contribution is -0.117. The van der Waals surface area contributed by atoms with Crippen LogP contribution in [0.1, 0.15) is 44.6 Å². The molecule has 7 heteroatoms. The highest BCUT2D eigenvalue weighted by molar-refractivity contribution is 7.22. The number of anilines is 1. The average molecular weight is 459 g/mol. The molecule has 0 saturated carbocycles. The van der Waals surface area contributed by atoms with Crippen LogP contribution in [-0.2, 0) is 4.79 Å². The number of amides is 1. The Bertz CT molecular complexity index is 1460. The highest BCUT2D eigenvalue weighted by atomic mass is 32.1. The van der Waals surface area contributed by atoms with Crippen LogP contribution in [0.25, 0.3) is 10.2 Å². The molecule has 1 atom stereocenters. The number of hydrogen-bond acceptors (Lipinski definition) is 6. The third-order valence-corrected chi connectivity index (χ3v) is 6.84. The second kappa shape index (κ2) is 7.71. The van der Waals surface area contributed by atoms with Crippen molar-refractivity contribution in [3.8, 4) is 0 Å². The number of Topliss-reactive ketones (excluding diaryl/α,β-unsaturated/α-hetero) is 1. The van der Waals surface area contributed by atoms with Crippen LogP contribution in [0.2, 0.25) is 0 Å². The fourth-order valence-corrected chi connectivity index (χ4v) is 5.42. The summed E-state index contributed by atoms with van der Waals surface area (Å²) in [5, 5.41) is 11.3. The number of aryl methyl sites for hydroxylation is 4. The van der Waals surface area contributed by atoms with Crippen LogP contribution < -0.4 is 4.90 Å². The fourth-order valence-electron chi connectivity index (χ4n) is 4.25. The molecule has 0 aliphatic carbocycles. The fraction of sp³-hybridized carbons (Fsp3) is 0.192. The summed E-state index contributed by atoms with van der Waals surface area (Å²) in [6.45, 7) is 7.69. The van der Waals surface area contributed by atoms with E-state index < -0.39 is 23.5 Å². The summed E-state index contributed by atoms with van der Waals surface area (Å²) in [6.07, 6.45) is 0. The average Bonchev–Trinajstić information content (AvgIpc) is 3.45. The molecule has 4 aromatic rings. The maximum absolute atomic E-state index is 13.4. The van der Waals surface area contributed by atoms with Crippen molar-refractivity contribution >= 4 is 38.4 Å². The van der Waals surface area contributed by atoms with Gasteiger partial charge in [0.1, 0.15) is 5.76 Å². The molecule has 6 nitrogen and oxygen atoms in total. The van der Waals surface area contributed by atoms with Gasteiger partial charge in [-0.15, -0.1) is 0 Å². The molecule has 166 valence electrons. The molecule has 3 heterocycles. The summed E-state index contributed by atoms with van der Waals surface area (Å²) in [6, 6.07) is 14.0. The number of benzene rings is 2. The van der Waals surface area contributed by atoms with Crippen LogP contribution in [0.3, 0.4) is 0 Å². The maximum Gasteiger partial charge on any atom is 0.296 e. The van der Waals surface area contributed by atoms with Crippen LogP contribution in [-0.4, -0.2) is 21.8 Å². The molecule has 0 spiro atoms. The molecule has 2 aromatic carbocycles. The van der Waals surface area contributed by atoms with Gasteiger partial charge in [0.15, 0.2) is 16.7 Å². The van der Waals surface area contributed by atoms with Crippen molar-refractivity contribution in [1.29, 1.82) is 0 Å². The van der Waals surface area contributed by atoms with Crippen molar-refractivity contribution in [3.05, 3.63) is 93.6 Å². The van der Waals surface area contributed by atoms with Crippen molar-refractivity contribution in [2.45, 2.75) is 33.7 Å². The second-order valence-electron chi connectivity index (χ2n) is 8.42. The molecule has 1 N–H and O–H groups in total. The van der Waals surface area contributed by atoms with Gasteiger partial charge in [-0.25, -0.2) is 4.98 Å². The molecule has 0 bridgehead atoms. The van der Waals surface area contributed by atoms with Crippen LogP contribution in [0.4, 0.5) is 5.13 Å². The van der Waals surface area contributed by atoms with Gasteiger partial charge in [-0.05, 0) is 62.6 Å². The Morgan fingerprint density at radius 1 is 1.03 bits per heavy atom. The Balaban J connectivity index is 1.69. The van der Waals surface area contributed by atoms with E-state index in [0.29, 0.717) is 16.5 Å². The number of furan rings is 1. The number of fused-ring (bicyclic) bond motifs is 1. The van der Waals surface area contributed by atoms with Crippen LogP contribution in [0.5, 0.6) is 0 Å². The van der Waals surface area contributed by atoms with E-state index in [1.54, 1.807) is 19.1 Å². The minimum atomic E-state index is -0.821. The Labute approximate surface area is 194 Å². The van der Waals surface area contributed by atoms with Crippen molar-refractivity contribution in [2.75, 3.05) is 4.90 Å². The molecular weight excluding hydrogens is 436 g/mol. The first-order valence-electron chi connectivity index (χ1n) is 10.6. The quantitative estimate of drug-likeness (QED) is 0.385. The van der Waals surface area contributed by atoms with Gasteiger partial charge in [-0.1, -0.05) is 47.2 Å². The summed E-state index contributed by atoms with van der Waals surface area (Å²) in [5.74, 6) is -1.09. The van der Waals surface area contributed by atoms with E-state index in [1.807, 2.05) is 57.2 Å². The maximum atomic E-state index is 13.4. The van der Waals surface area contributed by atoms with Crippen LogP contribution in [0.15, 0.2) is 64.3 Å². The summed E-state index contributed by atoms with van der Waals surface area (Å²) in [7, 11) is 0. The molecular formula is C26H22N2O4S. The van der Waals surface area contributed by atoms with E-state index in [2.05, 4.69) is 0 Å². The number of aromatic nitrogens is 1. The van der Waals surface area contributed by atoms with E-state index in [1.165, 1.54) is 16.2 Å². The van der Waals surface area contributed by atoms with Crippen molar-refractivity contribution in [2.24, 2.45) is 0 Å². The minimum absolute atomic E-state index is 0.00892. The van der Waals surface area contributed by atoms with E-state index in [4.69, 9.17) is 9.40 Å². The predicted molar refractivity (Wildman–Crippen MR) is 128 cm³/mol. The number of nitrogens with zero attached hydrogens (tertiary/aromatic N) is 2. The molecule has 1 aliphatic rings. The molecule has 0 saturated heterocycles. The van der Waals surface area contributed by atoms with Gasteiger partial charge in [-0.3, -0.25) is 14.5 Å². The molecule has 0 unspecified atom stereocenters. The third kappa shape index (κ3) is 3.45. The van der Waals surface area contributed by atoms with E-state index in [-0.39, 0.29) is 11.3 Å². The highest BCUT2D eigenvalue weighted by Gasteiger charge is 2.46. The zero-order valence-corrected chi connectivity index (χ0v) is 19.5. The zero-order chi connectivity index (χ0) is 23.4. The minimum Gasteiger partial charge on any atom is -0.503 e. The monoisotopic (exact) mass is 458 g/mol. The first kappa shape index (κ1) is 21.2. The third-order valence-electron chi connectivity index (χ3n) is 5.83. The normalized spacial score (nSPS) is 16.3. The van der Waals surface area contributed by atoms with Gasteiger partial charge in [0.05, 0.1) is 21.8 Å². The Morgan fingerprint density at radius 2 is 1.76 bits per heavy atom. The smallest absolute Gasteiger partial charge is 0.296 e. The van der Waals surface area contributed by atoms with Crippen molar-refractivity contribution in [3.63, 3.8) is 0 Å². The van der Waals surface area contributed by atoms with Gasteiger partial charge in [0.25, 0.3) is 5.91 Å². The standard InChI is InChI=1S/C26H22N2O4S/c1-13-5-8-17(9-6-13)22-20(23(29)18-10-7-16(4)32-18)24(30)25(31)28(22)26-27-21-15(3)11-14(2)12-19(21)33-26/h5-12,22,30H,1-4H3/t22-/m0/s1. The SMILES string of the molecule is Cc1ccc([C@H]2C(C(=O)c3ccc(C)o3)=C(O)C(=O)N2c2nc3c(C)cc(C)cc3s2)cc1. The second-order valence-corrected chi connectivity index (χ2v) is 9.42. The van der Waals surface area contributed by atoms with Crippen LogP contribution in [0, 0.1) is 27.7 Å². The topological polar surface area (TPSA) is 83.6 Å². The summed E-state index contributed by atoms with van der Waals surface area (Å²) in [4.78, 5) is 32.9. The lowest BCUT2D eigenvalue weighted by Crippen LogP contribution is -2.31. The Hall–Kier alpha value is -3.71. The first-order chi connectivity index (χ1) is 15.7. The van der Waals surface area contributed by atoms with Crippen molar-refractivity contribution in [1.82, 2.24) is 4.98 Å². The summed E-state index contributed by atoms with van der Waals surface area (Å²) >= 11 is 1.37. The van der Waals surface area contributed by atoms with Crippen molar-refractivity contribution < 1.29 is 19.1 Å². The van der Waals surface area contributed by atoms with Crippen LogP contribution >= 0.6 is 11.3 Å². The Morgan fingerprint density at radius 3 is 2.42 bits per heavy atom. The number of aliphatic hydroxyl groups is 1. The number of aliphatic hydroxyl groups excluding tert-OH is 1. The number of rotatable bonds is 4. The zero-order valence-electron chi connectivity index (χ0n) is 18.7. The summed E-state index contributed by atoms with van der Waals surface area (Å²) < 4.78 is 6.47. The number of ketones is 1. The lowest BCUT2D eigenvalue weighted by atomic mass is 9.94. The first-order valence-corrected chi connectivity index (χ1v) is 11.4. The molecule has 1 aliphatic heterocycles. The summed E-state index contributed by atoms with van der Waals surface area (Å²) in [5.41, 5.74) is 4.65. The highest BCUT2D eigenvalue weighted by Crippen LogP contribution is 2.44. The number of hydrogen-bond donors (Lipinski definition) is 1. The van der Waals surface area contributed by atoms with Gasteiger partial charge in [0, 0.05) is 0 Å². The molecule has 33 heavy (non-hydrogen) atoms. The van der Waals surface area contributed by atoms with Gasteiger partial charge in [0.2, 0.25) is 5.78 Å². The number of carbonyl (C=O) groups is 2. The number of carbonyl (C=O) groups excluding carboxylic acids is 2. The van der Waals surface area contributed by atoms with E-state index in [0.717, 1.165) is 26.9 Å². The van der Waals surface area contributed by atoms with Gasteiger partial charge < -0.3 is 9.52 Å². The van der Waals surface area contributed by atoms with Gasteiger partial charge in [-0.2, -0.15) is 0 Å². The molecule has 2 aromatic heterocycles. The number of thiazole rings is 1. The largest absolute Gasteiger partial charge is 0.503 e. The van der Waals surface area contributed by atoms with E-state index in [9.17, 15) is 14.7 Å². The molecule has 0 fully saturated rings. The molecule has 0 radical (unpaired) electrons. The lowest BCUT2D eigenvalue weighted by Gasteiger charge is -2.24.